The molecule has 1 rings (SSSR count). The van der Waals surface area contributed by atoms with E-state index in [1.165, 1.54) is 12.1 Å². The number of likely N-dealkylation sites (N-methyl/N-ethyl adjacent to an activating group) is 1. The average Bonchev–Trinajstić information content (AvgIpc) is 2.10. The van der Waals surface area contributed by atoms with Gasteiger partial charge in [-0.25, -0.2) is 4.39 Å². The zero-order valence-electron chi connectivity index (χ0n) is 8.87. The highest BCUT2D eigenvalue weighted by Gasteiger charge is 2.07. The molecule has 0 heterocycles. The van der Waals surface area contributed by atoms with Crippen LogP contribution in [0.15, 0.2) is 22.7 Å². The van der Waals surface area contributed by atoms with E-state index >= 15 is 0 Å². The first kappa shape index (κ1) is 12.6. The highest BCUT2D eigenvalue weighted by molar-refractivity contribution is 9.10. The summed E-state index contributed by atoms with van der Waals surface area (Å²) in [5.41, 5.74) is 0.887. The molecule has 1 unspecified atom stereocenters. The summed E-state index contributed by atoms with van der Waals surface area (Å²) in [6.45, 7) is 2.92. The Bertz CT molecular complexity index is 330. The summed E-state index contributed by atoms with van der Waals surface area (Å²) in [5, 5.41) is 9.20. The predicted molar refractivity (Wildman–Crippen MR) is 62.1 cm³/mol. The van der Waals surface area contributed by atoms with E-state index in [4.69, 9.17) is 0 Å². The van der Waals surface area contributed by atoms with Gasteiger partial charge in [-0.3, -0.25) is 4.90 Å². The summed E-state index contributed by atoms with van der Waals surface area (Å²) in [5.74, 6) is -0.237. The molecule has 2 nitrogen and oxygen atoms in total. The molecule has 4 heteroatoms. The fourth-order valence-electron chi connectivity index (χ4n) is 1.47. The van der Waals surface area contributed by atoms with Crippen LogP contribution in [-0.4, -0.2) is 29.7 Å². The zero-order chi connectivity index (χ0) is 11.4. The predicted octanol–water partition coefficient (Wildman–Crippen LogP) is 2.40. The van der Waals surface area contributed by atoms with Gasteiger partial charge in [0.25, 0.3) is 0 Å². The molecule has 0 saturated carbocycles. The molecule has 0 aliphatic carbocycles. The quantitative estimate of drug-likeness (QED) is 0.912. The molecule has 0 radical (unpaired) electrons. The lowest BCUT2D eigenvalue weighted by molar-refractivity contribution is 0.138. The van der Waals surface area contributed by atoms with E-state index < -0.39 is 0 Å². The van der Waals surface area contributed by atoms with Crippen LogP contribution in [-0.2, 0) is 6.54 Å². The minimum atomic E-state index is -0.373. The molecule has 15 heavy (non-hydrogen) atoms. The molecular weight excluding hydrogens is 261 g/mol. The van der Waals surface area contributed by atoms with Gasteiger partial charge in [0.15, 0.2) is 0 Å². The van der Waals surface area contributed by atoms with Crippen LogP contribution in [0.3, 0.4) is 0 Å². The summed E-state index contributed by atoms with van der Waals surface area (Å²) < 4.78 is 13.9. The standard InChI is InChI=1S/C11H15BrFNO/c1-8(15)6-14(2)7-9-5-10(13)3-4-11(9)12/h3-5,8,15H,6-7H2,1-2H3. The minimum absolute atomic E-state index is 0.237. The fourth-order valence-corrected chi connectivity index (χ4v) is 1.84. The van der Waals surface area contributed by atoms with Crippen LogP contribution in [0.25, 0.3) is 0 Å². The van der Waals surface area contributed by atoms with Gasteiger partial charge in [-0.2, -0.15) is 0 Å². The molecule has 84 valence electrons. The van der Waals surface area contributed by atoms with E-state index in [0.29, 0.717) is 13.1 Å². The Morgan fingerprint density at radius 3 is 2.80 bits per heavy atom. The second kappa shape index (κ2) is 5.58. The van der Waals surface area contributed by atoms with E-state index in [1.807, 2.05) is 11.9 Å². The van der Waals surface area contributed by atoms with Crippen molar-refractivity contribution < 1.29 is 9.50 Å². The number of hydrogen-bond acceptors (Lipinski definition) is 2. The number of halogens is 2. The van der Waals surface area contributed by atoms with Crippen LogP contribution in [0.5, 0.6) is 0 Å². The summed E-state index contributed by atoms with van der Waals surface area (Å²) in [4.78, 5) is 1.95. The van der Waals surface area contributed by atoms with Gasteiger partial charge in [0, 0.05) is 17.6 Å². The van der Waals surface area contributed by atoms with Crippen molar-refractivity contribution in [1.82, 2.24) is 4.90 Å². The maximum Gasteiger partial charge on any atom is 0.123 e. The number of aliphatic hydroxyl groups is 1. The van der Waals surface area contributed by atoms with Gasteiger partial charge >= 0.3 is 0 Å². The monoisotopic (exact) mass is 275 g/mol. The van der Waals surface area contributed by atoms with E-state index in [-0.39, 0.29) is 11.9 Å². The lowest BCUT2D eigenvalue weighted by Gasteiger charge is -2.19. The first-order valence-corrected chi connectivity index (χ1v) is 5.59. The van der Waals surface area contributed by atoms with Crippen molar-refractivity contribution in [2.24, 2.45) is 0 Å². The van der Waals surface area contributed by atoms with Crippen LogP contribution < -0.4 is 0 Å². The van der Waals surface area contributed by atoms with E-state index in [9.17, 15) is 9.50 Å². The van der Waals surface area contributed by atoms with Crippen molar-refractivity contribution in [3.05, 3.63) is 34.1 Å². The number of rotatable bonds is 4. The molecule has 1 aromatic rings. The molecule has 1 atom stereocenters. The molecule has 1 aromatic carbocycles. The lowest BCUT2D eigenvalue weighted by Crippen LogP contribution is -2.26. The van der Waals surface area contributed by atoms with Gasteiger partial charge in [-0.1, -0.05) is 15.9 Å². The zero-order valence-corrected chi connectivity index (χ0v) is 10.5. The Morgan fingerprint density at radius 1 is 1.53 bits per heavy atom. The first-order valence-electron chi connectivity index (χ1n) is 4.79. The third-order valence-corrected chi connectivity index (χ3v) is 2.80. The van der Waals surface area contributed by atoms with Gasteiger partial charge in [-0.15, -0.1) is 0 Å². The summed E-state index contributed by atoms with van der Waals surface area (Å²) in [7, 11) is 1.89. The smallest absolute Gasteiger partial charge is 0.123 e. The van der Waals surface area contributed by atoms with Crippen molar-refractivity contribution in [3.63, 3.8) is 0 Å². The average molecular weight is 276 g/mol. The Hall–Kier alpha value is -0.450. The van der Waals surface area contributed by atoms with Crippen LogP contribution in [0.2, 0.25) is 0 Å². The van der Waals surface area contributed by atoms with Gasteiger partial charge in [-0.05, 0) is 37.7 Å². The van der Waals surface area contributed by atoms with Crippen LogP contribution in [0, 0.1) is 5.82 Å². The van der Waals surface area contributed by atoms with Gasteiger partial charge in [0.2, 0.25) is 0 Å². The van der Waals surface area contributed by atoms with Crippen LogP contribution in [0.1, 0.15) is 12.5 Å². The first-order chi connectivity index (χ1) is 6.99. The summed E-state index contributed by atoms with van der Waals surface area (Å²) in [6, 6.07) is 4.62. The molecule has 0 saturated heterocycles. The van der Waals surface area contributed by atoms with Gasteiger partial charge in [0.05, 0.1) is 6.10 Å². The van der Waals surface area contributed by atoms with Gasteiger partial charge < -0.3 is 5.11 Å². The number of hydrogen-bond donors (Lipinski definition) is 1. The maximum absolute atomic E-state index is 13.0. The second-order valence-corrected chi connectivity index (χ2v) is 4.64. The van der Waals surface area contributed by atoms with Crippen molar-refractivity contribution in [1.29, 1.82) is 0 Å². The van der Waals surface area contributed by atoms with E-state index in [0.717, 1.165) is 10.0 Å². The van der Waals surface area contributed by atoms with Gasteiger partial charge in [0.1, 0.15) is 5.82 Å². The molecular formula is C11H15BrFNO. The molecule has 0 aliphatic heterocycles. The number of aliphatic hydroxyl groups excluding tert-OH is 1. The van der Waals surface area contributed by atoms with Crippen molar-refractivity contribution in [3.8, 4) is 0 Å². The van der Waals surface area contributed by atoms with E-state index in [1.54, 1.807) is 13.0 Å². The second-order valence-electron chi connectivity index (χ2n) is 3.78. The Morgan fingerprint density at radius 2 is 2.20 bits per heavy atom. The molecule has 0 fully saturated rings. The lowest BCUT2D eigenvalue weighted by atomic mass is 10.2. The van der Waals surface area contributed by atoms with Crippen LogP contribution >= 0.6 is 15.9 Å². The molecule has 0 bridgehead atoms. The molecule has 0 aromatic heterocycles. The molecule has 0 amide bonds. The van der Waals surface area contributed by atoms with Crippen LogP contribution in [0.4, 0.5) is 4.39 Å². The van der Waals surface area contributed by atoms with E-state index in [2.05, 4.69) is 15.9 Å². The van der Waals surface area contributed by atoms with Crippen molar-refractivity contribution >= 4 is 15.9 Å². The molecule has 0 spiro atoms. The van der Waals surface area contributed by atoms with Crippen molar-refractivity contribution in [2.45, 2.75) is 19.6 Å². The normalized spacial score (nSPS) is 13.2. The minimum Gasteiger partial charge on any atom is -0.392 e. The topological polar surface area (TPSA) is 23.5 Å². The fraction of sp³-hybridized carbons (Fsp3) is 0.455. The third kappa shape index (κ3) is 4.28. The Balaban J connectivity index is 2.67. The number of benzene rings is 1. The molecule has 0 aliphatic rings. The largest absolute Gasteiger partial charge is 0.392 e. The van der Waals surface area contributed by atoms with Crippen molar-refractivity contribution in [2.75, 3.05) is 13.6 Å². The Labute approximate surface area is 97.8 Å². The summed E-state index contributed by atoms with van der Waals surface area (Å²) >= 11 is 3.37. The maximum atomic E-state index is 13.0. The number of nitrogens with zero attached hydrogens (tertiary/aromatic N) is 1. The molecule has 1 N–H and O–H groups in total. The summed E-state index contributed by atoms with van der Waals surface area (Å²) in [6.07, 6.45) is -0.373. The Kier molecular flexibility index (Phi) is 4.70. The highest BCUT2D eigenvalue weighted by atomic mass is 79.9. The SMILES string of the molecule is CC(O)CN(C)Cc1cc(F)ccc1Br. The highest BCUT2D eigenvalue weighted by Crippen LogP contribution is 2.19. The third-order valence-electron chi connectivity index (χ3n) is 2.02.